The highest BCUT2D eigenvalue weighted by Crippen LogP contribution is 2.19. The molecule has 0 saturated heterocycles. The standard InChI is InChI=1S/C12H17F3N4O/c13-12(14,15)8-19-7-10(6-16-19)18-11(20)17-9-4-2-1-3-5-9/h6-7,9H,1-5,8H2,(H2,17,18,20). The number of carbonyl (C=O) groups is 1. The van der Waals surface area contributed by atoms with Gasteiger partial charge in [-0.1, -0.05) is 19.3 Å². The largest absolute Gasteiger partial charge is 0.408 e. The van der Waals surface area contributed by atoms with Crippen LogP contribution >= 0.6 is 0 Å². The molecule has 0 atom stereocenters. The number of nitrogens with one attached hydrogen (secondary N) is 2. The molecule has 1 aromatic rings. The summed E-state index contributed by atoms with van der Waals surface area (Å²) in [5.41, 5.74) is 0.252. The van der Waals surface area contributed by atoms with Crippen LogP contribution < -0.4 is 10.6 Å². The summed E-state index contributed by atoms with van der Waals surface area (Å²) < 4.78 is 37.2. The second-order valence-electron chi connectivity index (χ2n) is 4.98. The molecule has 112 valence electrons. The molecule has 0 radical (unpaired) electrons. The number of anilines is 1. The monoisotopic (exact) mass is 290 g/mol. The van der Waals surface area contributed by atoms with Gasteiger partial charge in [-0.05, 0) is 12.8 Å². The first kappa shape index (κ1) is 14.7. The molecule has 2 N–H and O–H groups in total. The van der Waals surface area contributed by atoms with Crippen molar-refractivity contribution in [3.63, 3.8) is 0 Å². The normalized spacial score (nSPS) is 16.9. The molecule has 1 aromatic heterocycles. The molecule has 1 saturated carbocycles. The summed E-state index contributed by atoms with van der Waals surface area (Å²) in [7, 11) is 0. The van der Waals surface area contributed by atoms with E-state index in [-0.39, 0.29) is 11.7 Å². The Labute approximate surface area is 114 Å². The highest BCUT2D eigenvalue weighted by molar-refractivity contribution is 5.89. The summed E-state index contributed by atoms with van der Waals surface area (Å²) in [5.74, 6) is 0. The Morgan fingerprint density at radius 1 is 1.35 bits per heavy atom. The molecule has 0 aliphatic heterocycles. The highest BCUT2D eigenvalue weighted by Gasteiger charge is 2.28. The van der Waals surface area contributed by atoms with Crippen molar-refractivity contribution < 1.29 is 18.0 Å². The number of alkyl halides is 3. The molecule has 5 nitrogen and oxygen atoms in total. The second-order valence-corrected chi connectivity index (χ2v) is 4.98. The lowest BCUT2D eigenvalue weighted by atomic mass is 9.96. The first-order valence-corrected chi connectivity index (χ1v) is 6.59. The number of halogens is 3. The van der Waals surface area contributed by atoms with E-state index < -0.39 is 18.8 Å². The number of carbonyl (C=O) groups excluding carboxylic acids is 1. The van der Waals surface area contributed by atoms with Crippen LogP contribution in [0, 0.1) is 0 Å². The number of aromatic nitrogens is 2. The molecular weight excluding hydrogens is 273 g/mol. The number of hydrogen-bond donors (Lipinski definition) is 2. The quantitative estimate of drug-likeness (QED) is 0.899. The fourth-order valence-electron chi connectivity index (χ4n) is 2.30. The van der Waals surface area contributed by atoms with E-state index in [1.165, 1.54) is 12.6 Å². The average molecular weight is 290 g/mol. The molecule has 0 aromatic carbocycles. The van der Waals surface area contributed by atoms with Gasteiger partial charge in [0.2, 0.25) is 0 Å². The van der Waals surface area contributed by atoms with Gasteiger partial charge in [-0.2, -0.15) is 18.3 Å². The average Bonchev–Trinajstić information content (AvgIpc) is 2.75. The lowest BCUT2D eigenvalue weighted by Crippen LogP contribution is -2.38. The van der Waals surface area contributed by atoms with Crippen LogP contribution in [0.3, 0.4) is 0 Å². The summed E-state index contributed by atoms with van der Waals surface area (Å²) in [4.78, 5) is 11.7. The molecule has 2 amide bonds. The van der Waals surface area contributed by atoms with Crippen molar-refractivity contribution in [1.29, 1.82) is 0 Å². The minimum absolute atomic E-state index is 0.147. The van der Waals surface area contributed by atoms with Gasteiger partial charge in [0.25, 0.3) is 0 Å². The molecule has 8 heteroatoms. The van der Waals surface area contributed by atoms with E-state index in [0.29, 0.717) is 0 Å². The van der Waals surface area contributed by atoms with Crippen molar-refractivity contribution in [2.75, 3.05) is 5.32 Å². The zero-order chi connectivity index (χ0) is 14.6. The van der Waals surface area contributed by atoms with Crippen LogP contribution in [0.1, 0.15) is 32.1 Å². The molecule has 1 aliphatic carbocycles. The smallest absolute Gasteiger partial charge is 0.335 e. The predicted molar refractivity (Wildman–Crippen MR) is 67.3 cm³/mol. The zero-order valence-corrected chi connectivity index (χ0v) is 10.9. The third-order valence-corrected chi connectivity index (χ3v) is 3.17. The minimum atomic E-state index is -4.33. The van der Waals surface area contributed by atoms with Gasteiger partial charge in [0.05, 0.1) is 11.9 Å². The van der Waals surface area contributed by atoms with E-state index in [2.05, 4.69) is 15.7 Å². The van der Waals surface area contributed by atoms with Gasteiger partial charge in [0.1, 0.15) is 6.54 Å². The molecule has 0 unspecified atom stereocenters. The van der Waals surface area contributed by atoms with Crippen LogP contribution in [0.4, 0.5) is 23.7 Å². The van der Waals surface area contributed by atoms with Crippen molar-refractivity contribution in [3.05, 3.63) is 12.4 Å². The lowest BCUT2D eigenvalue weighted by molar-refractivity contribution is -0.142. The molecule has 0 spiro atoms. The summed E-state index contributed by atoms with van der Waals surface area (Å²) in [6.45, 7) is -1.17. The van der Waals surface area contributed by atoms with Gasteiger partial charge in [0.15, 0.2) is 0 Å². The maximum absolute atomic E-state index is 12.2. The van der Waals surface area contributed by atoms with Crippen LogP contribution in [-0.4, -0.2) is 28.0 Å². The number of nitrogens with zero attached hydrogens (tertiary/aromatic N) is 2. The van der Waals surface area contributed by atoms with E-state index in [9.17, 15) is 18.0 Å². The Balaban J connectivity index is 1.82. The van der Waals surface area contributed by atoms with E-state index in [4.69, 9.17) is 0 Å². The number of rotatable bonds is 3. The van der Waals surface area contributed by atoms with Gasteiger partial charge >= 0.3 is 12.2 Å². The van der Waals surface area contributed by atoms with Crippen LogP contribution in [0.25, 0.3) is 0 Å². The Bertz CT molecular complexity index is 452. The topological polar surface area (TPSA) is 59.0 Å². The van der Waals surface area contributed by atoms with Crippen LogP contribution in [0.2, 0.25) is 0 Å². The second kappa shape index (κ2) is 6.15. The molecule has 0 bridgehead atoms. The number of amides is 2. The van der Waals surface area contributed by atoms with Crippen LogP contribution in [-0.2, 0) is 6.54 Å². The summed E-state index contributed by atoms with van der Waals surface area (Å²) >= 11 is 0. The van der Waals surface area contributed by atoms with Crippen molar-refractivity contribution >= 4 is 11.7 Å². The van der Waals surface area contributed by atoms with Crippen molar-refractivity contribution in [2.24, 2.45) is 0 Å². The third-order valence-electron chi connectivity index (χ3n) is 3.17. The molecule has 1 fully saturated rings. The molecule has 20 heavy (non-hydrogen) atoms. The van der Waals surface area contributed by atoms with Gasteiger partial charge in [-0.25, -0.2) is 4.79 Å². The Kier molecular flexibility index (Phi) is 4.51. The first-order chi connectivity index (χ1) is 9.42. The minimum Gasteiger partial charge on any atom is -0.335 e. The van der Waals surface area contributed by atoms with E-state index >= 15 is 0 Å². The van der Waals surface area contributed by atoms with E-state index in [1.807, 2.05) is 0 Å². The van der Waals surface area contributed by atoms with Crippen molar-refractivity contribution in [1.82, 2.24) is 15.1 Å². The third kappa shape index (κ3) is 4.75. The Morgan fingerprint density at radius 3 is 2.70 bits per heavy atom. The maximum atomic E-state index is 12.2. The number of urea groups is 1. The Morgan fingerprint density at radius 2 is 2.05 bits per heavy atom. The summed E-state index contributed by atoms with van der Waals surface area (Å²) in [6.07, 6.45) is 3.29. The fourth-order valence-corrected chi connectivity index (χ4v) is 2.30. The van der Waals surface area contributed by atoms with Gasteiger partial charge < -0.3 is 10.6 Å². The highest BCUT2D eigenvalue weighted by atomic mass is 19.4. The van der Waals surface area contributed by atoms with Crippen LogP contribution in [0.5, 0.6) is 0 Å². The Hall–Kier alpha value is -1.73. The predicted octanol–water partition coefficient (Wildman–Crippen LogP) is 2.90. The SMILES string of the molecule is O=C(Nc1cnn(CC(F)(F)F)c1)NC1CCCCC1. The first-order valence-electron chi connectivity index (χ1n) is 6.59. The molecular formula is C12H17F3N4O. The summed E-state index contributed by atoms with van der Waals surface area (Å²) in [5, 5.41) is 8.87. The lowest BCUT2D eigenvalue weighted by Gasteiger charge is -2.22. The van der Waals surface area contributed by atoms with E-state index in [0.717, 1.165) is 36.6 Å². The van der Waals surface area contributed by atoms with Crippen LogP contribution in [0.15, 0.2) is 12.4 Å². The zero-order valence-electron chi connectivity index (χ0n) is 10.9. The number of hydrogen-bond acceptors (Lipinski definition) is 2. The summed E-state index contributed by atoms with van der Waals surface area (Å²) in [6, 6.07) is -0.252. The van der Waals surface area contributed by atoms with Crippen molar-refractivity contribution in [3.8, 4) is 0 Å². The van der Waals surface area contributed by atoms with Gasteiger partial charge in [-0.15, -0.1) is 0 Å². The molecule has 2 rings (SSSR count). The fraction of sp³-hybridized carbons (Fsp3) is 0.667. The van der Waals surface area contributed by atoms with Crippen molar-refractivity contribution in [2.45, 2.75) is 50.9 Å². The van der Waals surface area contributed by atoms with Gasteiger partial charge in [0, 0.05) is 12.2 Å². The molecule has 1 heterocycles. The van der Waals surface area contributed by atoms with E-state index in [1.54, 1.807) is 0 Å². The molecule has 1 aliphatic rings. The maximum Gasteiger partial charge on any atom is 0.408 e. The van der Waals surface area contributed by atoms with Gasteiger partial charge in [-0.3, -0.25) is 4.68 Å².